The summed E-state index contributed by atoms with van der Waals surface area (Å²) >= 11 is 0. The number of piperidine rings is 1. The predicted octanol–water partition coefficient (Wildman–Crippen LogP) is 2.25. The number of carbonyl (C=O) groups is 2. The quantitative estimate of drug-likeness (QED) is 0.756. The molecule has 1 rings (SSSR count). The Morgan fingerprint density at radius 3 is 2.29 bits per heavy atom. The van der Waals surface area contributed by atoms with Crippen molar-refractivity contribution in [2.75, 3.05) is 6.54 Å². The van der Waals surface area contributed by atoms with Gasteiger partial charge in [0, 0.05) is 18.5 Å². The second-order valence-corrected chi connectivity index (χ2v) is 6.60. The fourth-order valence-corrected chi connectivity index (χ4v) is 3.10. The monoisotopic (exact) mass is 298 g/mol. The Labute approximate surface area is 128 Å². The van der Waals surface area contributed by atoms with Crippen molar-refractivity contribution in [3.63, 3.8) is 0 Å². The fraction of sp³-hybridized carbons (Fsp3) is 0.875. The molecular formula is C16H30N2O3. The molecule has 0 bridgehead atoms. The SMILES string of the molecule is CC(C)C(NC(=O)CCCN1C(C)CCCC1C)C(=O)O. The van der Waals surface area contributed by atoms with Crippen molar-refractivity contribution in [2.45, 2.75) is 77.9 Å². The third-order valence-corrected chi connectivity index (χ3v) is 4.45. The van der Waals surface area contributed by atoms with Crippen LogP contribution >= 0.6 is 0 Å². The summed E-state index contributed by atoms with van der Waals surface area (Å²) in [6, 6.07) is 0.379. The summed E-state index contributed by atoms with van der Waals surface area (Å²) in [5.74, 6) is -1.22. The lowest BCUT2D eigenvalue weighted by atomic mass is 9.97. The summed E-state index contributed by atoms with van der Waals surface area (Å²) < 4.78 is 0. The van der Waals surface area contributed by atoms with E-state index in [9.17, 15) is 9.59 Å². The number of carbonyl (C=O) groups excluding carboxylic acids is 1. The Balaban J connectivity index is 2.34. The van der Waals surface area contributed by atoms with Crippen LogP contribution in [-0.4, -0.2) is 46.6 Å². The number of hydrogen-bond acceptors (Lipinski definition) is 3. The smallest absolute Gasteiger partial charge is 0.326 e. The van der Waals surface area contributed by atoms with Gasteiger partial charge in [-0.25, -0.2) is 4.79 Å². The highest BCUT2D eigenvalue weighted by Crippen LogP contribution is 2.22. The molecule has 0 aromatic heterocycles. The van der Waals surface area contributed by atoms with Crippen molar-refractivity contribution >= 4 is 11.9 Å². The minimum absolute atomic E-state index is 0.103. The lowest BCUT2D eigenvalue weighted by molar-refractivity contribution is -0.143. The molecule has 0 spiro atoms. The van der Waals surface area contributed by atoms with E-state index in [4.69, 9.17) is 5.11 Å². The number of rotatable bonds is 7. The largest absolute Gasteiger partial charge is 0.480 e. The van der Waals surface area contributed by atoms with Gasteiger partial charge in [-0.3, -0.25) is 9.69 Å². The third kappa shape index (κ3) is 5.65. The van der Waals surface area contributed by atoms with Crippen molar-refractivity contribution in [3.05, 3.63) is 0 Å². The van der Waals surface area contributed by atoms with Gasteiger partial charge in [-0.05, 0) is 45.6 Å². The summed E-state index contributed by atoms with van der Waals surface area (Å²) in [5, 5.41) is 11.7. The molecule has 0 radical (unpaired) electrons. The van der Waals surface area contributed by atoms with Crippen LogP contribution < -0.4 is 5.32 Å². The van der Waals surface area contributed by atoms with Crippen molar-refractivity contribution in [1.82, 2.24) is 10.2 Å². The van der Waals surface area contributed by atoms with Crippen molar-refractivity contribution < 1.29 is 14.7 Å². The summed E-state index contributed by atoms with van der Waals surface area (Å²) in [4.78, 5) is 25.4. The minimum atomic E-state index is -0.961. The molecular weight excluding hydrogens is 268 g/mol. The van der Waals surface area contributed by atoms with Crippen LogP contribution in [0.5, 0.6) is 0 Å². The number of carboxylic acid groups (broad SMARTS) is 1. The molecule has 1 heterocycles. The molecule has 5 nitrogen and oxygen atoms in total. The Hall–Kier alpha value is -1.10. The zero-order chi connectivity index (χ0) is 16.0. The first-order valence-corrected chi connectivity index (χ1v) is 8.10. The molecule has 5 heteroatoms. The Morgan fingerprint density at radius 1 is 1.24 bits per heavy atom. The highest BCUT2D eigenvalue weighted by Gasteiger charge is 2.25. The van der Waals surface area contributed by atoms with Gasteiger partial charge in [-0.1, -0.05) is 20.3 Å². The average molecular weight is 298 g/mol. The van der Waals surface area contributed by atoms with Gasteiger partial charge in [-0.15, -0.1) is 0 Å². The van der Waals surface area contributed by atoms with E-state index < -0.39 is 12.0 Å². The topological polar surface area (TPSA) is 69.6 Å². The van der Waals surface area contributed by atoms with E-state index in [1.54, 1.807) is 13.8 Å². The molecule has 0 aliphatic carbocycles. The predicted molar refractivity (Wildman–Crippen MR) is 83.1 cm³/mol. The van der Waals surface area contributed by atoms with E-state index in [0.29, 0.717) is 18.5 Å². The van der Waals surface area contributed by atoms with E-state index in [0.717, 1.165) is 13.0 Å². The lowest BCUT2D eigenvalue weighted by Crippen LogP contribution is -2.45. The molecule has 3 unspecified atom stereocenters. The zero-order valence-electron chi connectivity index (χ0n) is 13.8. The molecule has 0 aromatic carbocycles. The fourth-order valence-electron chi connectivity index (χ4n) is 3.10. The number of likely N-dealkylation sites (tertiary alicyclic amines) is 1. The average Bonchev–Trinajstić information content (AvgIpc) is 2.38. The molecule has 1 aliphatic rings. The normalized spacial score (nSPS) is 24.8. The molecule has 21 heavy (non-hydrogen) atoms. The molecule has 1 aliphatic heterocycles. The Kier molecular flexibility index (Phi) is 7.15. The van der Waals surface area contributed by atoms with Crippen LogP contribution in [0.1, 0.15) is 59.8 Å². The minimum Gasteiger partial charge on any atom is -0.480 e. The van der Waals surface area contributed by atoms with Gasteiger partial charge >= 0.3 is 5.97 Å². The van der Waals surface area contributed by atoms with Gasteiger partial charge in [-0.2, -0.15) is 0 Å². The maximum Gasteiger partial charge on any atom is 0.326 e. The number of aliphatic carboxylic acids is 1. The number of carboxylic acids is 1. The van der Waals surface area contributed by atoms with E-state index >= 15 is 0 Å². The van der Waals surface area contributed by atoms with Crippen molar-refractivity contribution in [1.29, 1.82) is 0 Å². The number of amides is 1. The molecule has 2 N–H and O–H groups in total. The van der Waals surface area contributed by atoms with Crippen LogP contribution in [0.15, 0.2) is 0 Å². The lowest BCUT2D eigenvalue weighted by Gasteiger charge is -2.39. The molecule has 0 saturated carbocycles. The van der Waals surface area contributed by atoms with Gasteiger partial charge in [0.2, 0.25) is 5.91 Å². The first kappa shape index (κ1) is 18.0. The molecule has 1 saturated heterocycles. The second kappa shape index (κ2) is 8.37. The van der Waals surface area contributed by atoms with Crippen LogP contribution in [0, 0.1) is 5.92 Å². The zero-order valence-corrected chi connectivity index (χ0v) is 13.8. The summed E-state index contributed by atoms with van der Waals surface area (Å²) in [5.41, 5.74) is 0. The van der Waals surface area contributed by atoms with E-state index in [1.807, 2.05) is 0 Å². The maximum atomic E-state index is 11.9. The Bertz CT molecular complexity index is 347. The van der Waals surface area contributed by atoms with Crippen LogP contribution in [0.4, 0.5) is 0 Å². The molecule has 1 fully saturated rings. The first-order valence-electron chi connectivity index (χ1n) is 8.10. The standard InChI is InChI=1S/C16H30N2O3/c1-11(2)15(16(20)21)17-14(19)9-6-10-18-12(3)7-5-8-13(18)4/h11-13,15H,5-10H2,1-4H3,(H,17,19)(H,20,21). The maximum absolute atomic E-state index is 11.9. The van der Waals surface area contributed by atoms with E-state index in [-0.39, 0.29) is 11.8 Å². The third-order valence-electron chi connectivity index (χ3n) is 4.45. The molecule has 3 atom stereocenters. The molecule has 0 aromatic rings. The summed E-state index contributed by atoms with van der Waals surface area (Å²) in [6.45, 7) is 9.01. The van der Waals surface area contributed by atoms with Gasteiger partial charge in [0.05, 0.1) is 0 Å². The summed E-state index contributed by atoms with van der Waals surface area (Å²) in [6.07, 6.45) is 4.92. The van der Waals surface area contributed by atoms with Gasteiger partial charge in [0.1, 0.15) is 6.04 Å². The van der Waals surface area contributed by atoms with Crippen LogP contribution in [0.25, 0.3) is 0 Å². The number of nitrogens with zero attached hydrogens (tertiary/aromatic N) is 1. The van der Waals surface area contributed by atoms with Crippen LogP contribution in [0.3, 0.4) is 0 Å². The molecule has 122 valence electrons. The van der Waals surface area contributed by atoms with Crippen LogP contribution in [-0.2, 0) is 9.59 Å². The molecule has 1 amide bonds. The van der Waals surface area contributed by atoms with Crippen LogP contribution in [0.2, 0.25) is 0 Å². The van der Waals surface area contributed by atoms with E-state index in [2.05, 4.69) is 24.1 Å². The van der Waals surface area contributed by atoms with E-state index in [1.165, 1.54) is 19.3 Å². The van der Waals surface area contributed by atoms with Gasteiger partial charge in [0.25, 0.3) is 0 Å². The van der Waals surface area contributed by atoms with Gasteiger partial charge in [0.15, 0.2) is 0 Å². The van der Waals surface area contributed by atoms with Gasteiger partial charge < -0.3 is 10.4 Å². The summed E-state index contributed by atoms with van der Waals surface area (Å²) in [7, 11) is 0. The second-order valence-electron chi connectivity index (χ2n) is 6.60. The highest BCUT2D eigenvalue weighted by molar-refractivity contribution is 5.83. The Morgan fingerprint density at radius 2 is 1.81 bits per heavy atom. The number of nitrogens with one attached hydrogen (secondary N) is 1. The van der Waals surface area contributed by atoms with Crippen molar-refractivity contribution in [2.24, 2.45) is 5.92 Å². The first-order chi connectivity index (χ1) is 9.82. The number of hydrogen-bond donors (Lipinski definition) is 2. The highest BCUT2D eigenvalue weighted by atomic mass is 16.4. The van der Waals surface area contributed by atoms with Crippen molar-refractivity contribution in [3.8, 4) is 0 Å².